The monoisotopic (exact) mass is 398 g/mol. The molecule has 150 valence electrons. The Kier molecular flexibility index (Phi) is 7.62. The van der Waals surface area contributed by atoms with Gasteiger partial charge in [0.15, 0.2) is 0 Å². The number of hydrogen-bond acceptors (Lipinski definition) is 4. The number of nitrogens with one attached hydrogen (secondary N) is 2. The van der Waals surface area contributed by atoms with Crippen molar-refractivity contribution in [3.63, 3.8) is 0 Å². The largest absolute Gasteiger partial charge is 0.271 e. The first-order valence-corrected chi connectivity index (χ1v) is 9.54. The van der Waals surface area contributed by atoms with Gasteiger partial charge in [0.25, 0.3) is 11.8 Å². The van der Waals surface area contributed by atoms with Crippen molar-refractivity contribution in [2.75, 3.05) is 0 Å². The second-order valence-corrected chi connectivity index (χ2v) is 6.46. The minimum atomic E-state index is -0.341. The molecule has 30 heavy (non-hydrogen) atoms. The number of benzene rings is 3. The van der Waals surface area contributed by atoms with Crippen LogP contribution < -0.4 is 10.9 Å². The maximum absolute atomic E-state index is 12.1. The number of nitrogens with zero attached hydrogens (tertiary/aromatic N) is 2. The van der Waals surface area contributed by atoms with Gasteiger partial charge in [-0.15, -0.1) is 0 Å². The highest BCUT2D eigenvalue weighted by Crippen LogP contribution is 2.05. The third-order valence-corrected chi connectivity index (χ3v) is 4.26. The Morgan fingerprint density at radius 1 is 0.600 bits per heavy atom. The van der Waals surface area contributed by atoms with Gasteiger partial charge < -0.3 is 0 Å². The summed E-state index contributed by atoms with van der Waals surface area (Å²) >= 11 is 0. The van der Waals surface area contributed by atoms with Crippen molar-refractivity contribution in [3.05, 3.63) is 107 Å². The molecule has 0 unspecified atom stereocenters. The minimum Gasteiger partial charge on any atom is -0.267 e. The third-order valence-electron chi connectivity index (χ3n) is 4.26. The highest BCUT2D eigenvalue weighted by Gasteiger charge is 2.07. The first-order chi connectivity index (χ1) is 14.7. The van der Waals surface area contributed by atoms with E-state index in [1.807, 2.05) is 60.7 Å². The van der Waals surface area contributed by atoms with Crippen LogP contribution >= 0.6 is 0 Å². The molecule has 0 radical (unpaired) electrons. The average molecular weight is 398 g/mol. The molecule has 2 N–H and O–H groups in total. The number of hydrazone groups is 2. The fourth-order valence-electron chi connectivity index (χ4n) is 2.64. The number of hydrogen-bond donors (Lipinski definition) is 2. The van der Waals surface area contributed by atoms with Crippen molar-refractivity contribution in [1.82, 2.24) is 10.9 Å². The molecule has 2 amide bonds. The van der Waals surface area contributed by atoms with E-state index in [1.165, 1.54) is 0 Å². The molecule has 3 rings (SSSR count). The fourth-order valence-corrected chi connectivity index (χ4v) is 2.64. The summed E-state index contributed by atoms with van der Waals surface area (Å²) in [6.07, 6.45) is 4.54. The number of carbonyl (C=O) groups excluding carboxylic acids is 2. The zero-order chi connectivity index (χ0) is 21.0. The Hall–Kier alpha value is -4.06. The van der Waals surface area contributed by atoms with Gasteiger partial charge in [-0.05, 0) is 35.4 Å². The normalized spacial score (nSPS) is 10.9. The van der Waals surface area contributed by atoms with Crippen LogP contribution in [0.25, 0.3) is 0 Å². The van der Waals surface area contributed by atoms with Crippen LogP contribution in [0.2, 0.25) is 0 Å². The van der Waals surface area contributed by atoms with Crippen molar-refractivity contribution >= 4 is 24.2 Å². The minimum absolute atomic E-state index is 0.341. The SMILES string of the molecule is O=C(N/N=C/Cc1ccccc1)c1ccc(C(=O)N/N=C/Cc2ccccc2)cc1. The lowest BCUT2D eigenvalue weighted by molar-refractivity contribution is 0.0943. The van der Waals surface area contributed by atoms with Crippen LogP contribution in [-0.2, 0) is 12.8 Å². The van der Waals surface area contributed by atoms with Gasteiger partial charge in [-0.3, -0.25) is 9.59 Å². The van der Waals surface area contributed by atoms with E-state index in [9.17, 15) is 9.59 Å². The van der Waals surface area contributed by atoms with E-state index in [4.69, 9.17) is 0 Å². The predicted octanol–water partition coefficient (Wildman–Crippen LogP) is 3.60. The van der Waals surface area contributed by atoms with Gasteiger partial charge in [-0.1, -0.05) is 60.7 Å². The van der Waals surface area contributed by atoms with Gasteiger partial charge in [0.2, 0.25) is 0 Å². The highest BCUT2D eigenvalue weighted by molar-refractivity contribution is 5.98. The first-order valence-electron chi connectivity index (χ1n) is 9.54. The van der Waals surface area contributed by atoms with Crippen LogP contribution in [0.15, 0.2) is 95.1 Å². The topological polar surface area (TPSA) is 82.9 Å². The summed E-state index contributed by atoms with van der Waals surface area (Å²) in [6.45, 7) is 0. The number of rotatable bonds is 8. The van der Waals surface area contributed by atoms with Crippen molar-refractivity contribution in [1.29, 1.82) is 0 Å². The lowest BCUT2D eigenvalue weighted by Crippen LogP contribution is -2.19. The van der Waals surface area contributed by atoms with Gasteiger partial charge >= 0.3 is 0 Å². The number of amides is 2. The van der Waals surface area contributed by atoms with E-state index in [0.29, 0.717) is 24.0 Å². The smallest absolute Gasteiger partial charge is 0.267 e. The highest BCUT2D eigenvalue weighted by atomic mass is 16.2. The molecule has 0 aliphatic carbocycles. The molecule has 3 aromatic rings. The molecule has 0 bridgehead atoms. The summed E-state index contributed by atoms with van der Waals surface area (Å²) in [5, 5.41) is 7.90. The second kappa shape index (κ2) is 11.1. The molecule has 0 atom stereocenters. The lowest BCUT2D eigenvalue weighted by atomic mass is 10.1. The molecule has 0 aliphatic rings. The van der Waals surface area contributed by atoms with E-state index < -0.39 is 0 Å². The van der Waals surface area contributed by atoms with Crippen LogP contribution in [0.1, 0.15) is 31.8 Å². The quantitative estimate of drug-likeness (QED) is 0.449. The van der Waals surface area contributed by atoms with Crippen molar-refractivity contribution < 1.29 is 9.59 Å². The summed E-state index contributed by atoms with van der Waals surface area (Å²) in [7, 11) is 0. The summed E-state index contributed by atoms with van der Waals surface area (Å²) < 4.78 is 0. The van der Waals surface area contributed by atoms with Gasteiger partial charge in [-0.25, -0.2) is 10.9 Å². The van der Waals surface area contributed by atoms with Crippen molar-refractivity contribution in [3.8, 4) is 0 Å². The van der Waals surface area contributed by atoms with Crippen LogP contribution in [-0.4, -0.2) is 24.2 Å². The van der Waals surface area contributed by atoms with Gasteiger partial charge in [0.05, 0.1) is 0 Å². The number of carbonyl (C=O) groups is 2. The summed E-state index contributed by atoms with van der Waals surface area (Å²) in [5.74, 6) is -0.681. The van der Waals surface area contributed by atoms with Crippen molar-refractivity contribution in [2.24, 2.45) is 10.2 Å². The lowest BCUT2D eigenvalue weighted by Gasteiger charge is -2.03. The van der Waals surface area contributed by atoms with Gasteiger partial charge in [0.1, 0.15) is 0 Å². The summed E-state index contributed by atoms with van der Waals surface area (Å²) in [6, 6.07) is 26.0. The molecule has 6 heteroatoms. The molecule has 0 saturated heterocycles. The molecule has 3 aromatic carbocycles. The Balaban J connectivity index is 1.45. The Morgan fingerprint density at radius 2 is 0.967 bits per heavy atom. The van der Waals surface area contributed by atoms with Gasteiger partial charge in [0, 0.05) is 36.4 Å². The summed E-state index contributed by atoms with van der Waals surface area (Å²) in [5.41, 5.74) is 8.01. The first kappa shape index (κ1) is 20.7. The van der Waals surface area contributed by atoms with Crippen molar-refractivity contribution in [2.45, 2.75) is 12.8 Å². The van der Waals surface area contributed by atoms with E-state index in [0.717, 1.165) is 11.1 Å². The third kappa shape index (κ3) is 6.53. The standard InChI is InChI=1S/C24H22N4O2/c29-23(27-25-17-15-19-7-3-1-4-8-19)21-11-13-22(14-12-21)24(30)28-26-18-16-20-9-5-2-6-10-20/h1-14,17-18H,15-16H2,(H,27,29)(H,28,30)/b25-17+,26-18+. The summed E-state index contributed by atoms with van der Waals surface area (Å²) in [4.78, 5) is 24.3. The zero-order valence-corrected chi connectivity index (χ0v) is 16.4. The van der Waals surface area contributed by atoms with Crippen LogP contribution in [0.3, 0.4) is 0 Å². The van der Waals surface area contributed by atoms with Crippen LogP contribution in [0.5, 0.6) is 0 Å². The molecule has 0 aromatic heterocycles. The van der Waals surface area contributed by atoms with Gasteiger partial charge in [-0.2, -0.15) is 10.2 Å². The Bertz CT molecular complexity index is 930. The molecule has 0 aliphatic heterocycles. The fraction of sp³-hybridized carbons (Fsp3) is 0.0833. The van der Waals surface area contributed by atoms with E-state index in [1.54, 1.807) is 36.7 Å². The maximum Gasteiger partial charge on any atom is 0.271 e. The molecular formula is C24H22N4O2. The zero-order valence-electron chi connectivity index (χ0n) is 16.4. The predicted molar refractivity (Wildman–Crippen MR) is 119 cm³/mol. The average Bonchev–Trinajstić information content (AvgIpc) is 2.81. The molecule has 6 nitrogen and oxygen atoms in total. The molecular weight excluding hydrogens is 376 g/mol. The molecule has 0 fully saturated rings. The van der Waals surface area contributed by atoms with E-state index in [-0.39, 0.29) is 11.8 Å². The van der Waals surface area contributed by atoms with Crippen LogP contribution in [0.4, 0.5) is 0 Å². The maximum atomic E-state index is 12.1. The molecule has 0 heterocycles. The Labute approximate surface area is 175 Å². The molecule has 0 spiro atoms. The second-order valence-electron chi connectivity index (χ2n) is 6.46. The van der Waals surface area contributed by atoms with E-state index in [2.05, 4.69) is 21.1 Å². The molecule has 0 saturated carbocycles. The Morgan fingerprint density at radius 3 is 1.33 bits per heavy atom. The van der Waals surface area contributed by atoms with Crippen LogP contribution in [0, 0.1) is 0 Å². The van der Waals surface area contributed by atoms with E-state index >= 15 is 0 Å².